The maximum Gasteiger partial charge on any atom is 0.0558 e. The molecule has 0 radical (unpaired) electrons. The maximum atomic E-state index is 9.04. The Bertz CT molecular complexity index is 190. The predicted molar refractivity (Wildman–Crippen MR) is 61.8 cm³/mol. The molecule has 0 bridgehead atoms. The van der Waals surface area contributed by atoms with E-state index in [1.54, 1.807) is 0 Å². The summed E-state index contributed by atoms with van der Waals surface area (Å²) >= 11 is 3.61. The second-order valence-electron chi connectivity index (χ2n) is 4.91. The molecule has 0 saturated heterocycles. The van der Waals surface area contributed by atoms with Crippen LogP contribution in [0.25, 0.3) is 0 Å². The van der Waals surface area contributed by atoms with E-state index in [9.17, 15) is 0 Å². The molecule has 1 N–H and O–H groups in total. The van der Waals surface area contributed by atoms with Crippen LogP contribution in [-0.4, -0.2) is 41.1 Å². The number of hydrogen-bond donors (Lipinski definition) is 1. The monoisotopic (exact) mass is 261 g/mol. The molecule has 2 saturated carbocycles. The van der Waals surface area contributed by atoms with Crippen molar-refractivity contribution in [3.05, 3.63) is 0 Å². The van der Waals surface area contributed by atoms with Crippen LogP contribution in [0.15, 0.2) is 0 Å². The predicted octanol–water partition coefficient (Wildman–Crippen LogP) is 2.01. The van der Waals surface area contributed by atoms with Crippen molar-refractivity contribution in [3.63, 3.8) is 0 Å². The van der Waals surface area contributed by atoms with Crippen molar-refractivity contribution in [2.75, 3.05) is 25.0 Å². The van der Waals surface area contributed by atoms with Crippen molar-refractivity contribution in [2.24, 2.45) is 5.41 Å². The molecule has 0 aromatic rings. The van der Waals surface area contributed by atoms with E-state index in [0.29, 0.717) is 12.0 Å². The van der Waals surface area contributed by atoms with E-state index >= 15 is 0 Å². The van der Waals surface area contributed by atoms with Crippen molar-refractivity contribution in [2.45, 2.75) is 38.1 Å². The van der Waals surface area contributed by atoms with Gasteiger partial charge >= 0.3 is 0 Å². The zero-order valence-electron chi connectivity index (χ0n) is 8.71. The van der Waals surface area contributed by atoms with Crippen molar-refractivity contribution in [1.82, 2.24) is 4.90 Å². The highest BCUT2D eigenvalue weighted by Crippen LogP contribution is 2.48. The van der Waals surface area contributed by atoms with E-state index in [4.69, 9.17) is 5.11 Å². The molecule has 0 aromatic carbocycles. The molecule has 0 unspecified atom stereocenters. The smallest absolute Gasteiger partial charge is 0.0558 e. The van der Waals surface area contributed by atoms with Gasteiger partial charge in [-0.3, -0.25) is 4.90 Å². The van der Waals surface area contributed by atoms with Crippen LogP contribution in [0.4, 0.5) is 0 Å². The van der Waals surface area contributed by atoms with Crippen LogP contribution in [0, 0.1) is 5.41 Å². The molecule has 0 aliphatic heterocycles. The first-order valence-corrected chi connectivity index (χ1v) is 6.83. The second kappa shape index (κ2) is 4.50. The molecule has 2 nitrogen and oxygen atoms in total. The standard InChI is InChI=1S/C11H20BrNO/c12-8-11(4-5-11)9-13(6-7-14)10-2-1-3-10/h10,14H,1-9H2. The van der Waals surface area contributed by atoms with Crippen LogP contribution in [-0.2, 0) is 0 Å². The van der Waals surface area contributed by atoms with Crippen molar-refractivity contribution >= 4 is 15.9 Å². The van der Waals surface area contributed by atoms with Gasteiger partial charge in [-0.2, -0.15) is 0 Å². The fourth-order valence-electron chi connectivity index (χ4n) is 2.21. The summed E-state index contributed by atoms with van der Waals surface area (Å²) in [5.41, 5.74) is 0.560. The number of rotatable bonds is 6. The lowest BCUT2D eigenvalue weighted by Gasteiger charge is -2.39. The Morgan fingerprint density at radius 1 is 1.36 bits per heavy atom. The van der Waals surface area contributed by atoms with Crippen LogP contribution in [0.1, 0.15) is 32.1 Å². The van der Waals surface area contributed by atoms with Crippen LogP contribution in [0.2, 0.25) is 0 Å². The highest BCUT2D eigenvalue weighted by atomic mass is 79.9. The lowest BCUT2D eigenvalue weighted by atomic mass is 9.90. The van der Waals surface area contributed by atoms with E-state index in [0.717, 1.165) is 17.9 Å². The Labute approximate surface area is 94.8 Å². The zero-order chi connectivity index (χ0) is 10.0. The summed E-state index contributed by atoms with van der Waals surface area (Å²) in [6.07, 6.45) is 6.81. The highest BCUT2D eigenvalue weighted by Gasteiger charge is 2.44. The molecule has 82 valence electrons. The van der Waals surface area contributed by atoms with Gasteiger partial charge in [-0.25, -0.2) is 0 Å². The zero-order valence-corrected chi connectivity index (χ0v) is 10.3. The average Bonchev–Trinajstić information content (AvgIpc) is 2.83. The summed E-state index contributed by atoms with van der Waals surface area (Å²) in [7, 11) is 0. The fourth-order valence-corrected chi connectivity index (χ4v) is 2.95. The number of hydrogen-bond acceptors (Lipinski definition) is 2. The molecule has 2 fully saturated rings. The van der Waals surface area contributed by atoms with Gasteiger partial charge in [0.05, 0.1) is 6.61 Å². The van der Waals surface area contributed by atoms with E-state index in [1.807, 2.05) is 0 Å². The number of aliphatic hydroxyl groups is 1. The largest absolute Gasteiger partial charge is 0.395 e. The molecule has 14 heavy (non-hydrogen) atoms. The van der Waals surface area contributed by atoms with E-state index in [2.05, 4.69) is 20.8 Å². The number of nitrogens with zero attached hydrogens (tertiary/aromatic N) is 1. The summed E-state index contributed by atoms with van der Waals surface area (Å²) in [6.45, 7) is 2.39. The molecule has 2 aliphatic carbocycles. The Balaban J connectivity index is 1.83. The minimum atomic E-state index is 0.314. The molecule has 0 aromatic heterocycles. The van der Waals surface area contributed by atoms with Gasteiger partial charge in [-0.15, -0.1) is 0 Å². The van der Waals surface area contributed by atoms with Gasteiger partial charge in [-0.1, -0.05) is 22.4 Å². The third kappa shape index (κ3) is 2.31. The lowest BCUT2D eigenvalue weighted by molar-refractivity contribution is 0.0843. The van der Waals surface area contributed by atoms with Gasteiger partial charge in [0.2, 0.25) is 0 Å². The van der Waals surface area contributed by atoms with E-state index in [-0.39, 0.29) is 0 Å². The normalized spacial score (nSPS) is 25.1. The van der Waals surface area contributed by atoms with Gasteiger partial charge < -0.3 is 5.11 Å². The lowest BCUT2D eigenvalue weighted by Crippen LogP contribution is -2.45. The molecular weight excluding hydrogens is 242 g/mol. The molecule has 0 amide bonds. The highest BCUT2D eigenvalue weighted by molar-refractivity contribution is 9.09. The molecule has 0 heterocycles. The molecule has 0 spiro atoms. The van der Waals surface area contributed by atoms with Crippen molar-refractivity contribution < 1.29 is 5.11 Å². The van der Waals surface area contributed by atoms with Gasteiger partial charge in [0.15, 0.2) is 0 Å². The molecule has 0 atom stereocenters. The van der Waals surface area contributed by atoms with Crippen LogP contribution >= 0.6 is 15.9 Å². The van der Waals surface area contributed by atoms with Gasteiger partial charge in [-0.05, 0) is 31.1 Å². The molecule has 2 rings (SSSR count). The summed E-state index contributed by atoms with van der Waals surface area (Å²) in [5, 5.41) is 10.2. The summed E-state index contributed by atoms with van der Waals surface area (Å²) in [5.74, 6) is 0. The topological polar surface area (TPSA) is 23.5 Å². The number of aliphatic hydroxyl groups excluding tert-OH is 1. The first-order chi connectivity index (χ1) is 6.79. The van der Waals surface area contributed by atoms with Crippen LogP contribution in [0.3, 0.4) is 0 Å². The number of halogens is 1. The Morgan fingerprint density at radius 3 is 2.43 bits per heavy atom. The Kier molecular flexibility index (Phi) is 3.50. The van der Waals surface area contributed by atoms with Gasteiger partial charge in [0, 0.05) is 24.5 Å². The minimum absolute atomic E-state index is 0.314. The van der Waals surface area contributed by atoms with Crippen molar-refractivity contribution in [1.29, 1.82) is 0 Å². The first kappa shape index (κ1) is 10.9. The van der Waals surface area contributed by atoms with E-state index in [1.165, 1.54) is 38.6 Å². The Morgan fingerprint density at radius 2 is 2.07 bits per heavy atom. The summed E-state index contributed by atoms with van der Waals surface area (Å²) < 4.78 is 0. The Hall–Kier alpha value is 0.400. The quantitative estimate of drug-likeness (QED) is 0.740. The fraction of sp³-hybridized carbons (Fsp3) is 1.00. The van der Waals surface area contributed by atoms with Gasteiger partial charge in [0.25, 0.3) is 0 Å². The number of alkyl halides is 1. The minimum Gasteiger partial charge on any atom is -0.395 e. The maximum absolute atomic E-state index is 9.04. The van der Waals surface area contributed by atoms with Crippen LogP contribution < -0.4 is 0 Å². The van der Waals surface area contributed by atoms with Crippen LogP contribution in [0.5, 0.6) is 0 Å². The average molecular weight is 262 g/mol. The third-order valence-corrected chi connectivity index (χ3v) is 4.95. The first-order valence-electron chi connectivity index (χ1n) is 5.70. The molecule has 3 heteroatoms. The molecule has 2 aliphatic rings. The summed E-state index contributed by atoms with van der Waals surface area (Å²) in [6, 6.07) is 0.777. The summed E-state index contributed by atoms with van der Waals surface area (Å²) in [4.78, 5) is 2.51. The second-order valence-corrected chi connectivity index (χ2v) is 5.47. The SMILES string of the molecule is OCCN(CC1(CBr)CC1)C1CCC1. The van der Waals surface area contributed by atoms with E-state index < -0.39 is 0 Å². The molecular formula is C11H20BrNO. The van der Waals surface area contributed by atoms with Gasteiger partial charge in [0.1, 0.15) is 0 Å². The van der Waals surface area contributed by atoms with Crippen molar-refractivity contribution in [3.8, 4) is 0 Å². The third-order valence-electron chi connectivity index (χ3n) is 3.76.